The first-order chi connectivity index (χ1) is 11.8. The fourth-order valence-corrected chi connectivity index (χ4v) is 3.23. The Labute approximate surface area is 150 Å². The molecule has 25 heavy (non-hydrogen) atoms. The van der Waals surface area contributed by atoms with Gasteiger partial charge in [0, 0.05) is 6.42 Å². The van der Waals surface area contributed by atoms with E-state index in [4.69, 9.17) is 29.2 Å². The van der Waals surface area contributed by atoms with E-state index in [-0.39, 0.29) is 18.1 Å². The summed E-state index contributed by atoms with van der Waals surface area (Å²) in [5, 5.41) is 0. The van der Waals surface area contributed by atoms with Gasteiger partial charge in [-0.1, -0.05) is 27.7 Å². The molecule has 3 heterocycles. The topological polar surface area (TPSA) is 64.8 Å². The minimum atomic E-state index is -0.556. The van der Waals surface area contributed by atoms with E-state index in [1.54, 1.807) is 0 Å². The largest absolute Gasteiger partial charge is 0.479 e. The van der Waals surface area contributed by atoms with Crippen molar-refractivity contribution in [3.8, 4) is 0 Å². The third-order valence-electron chi connectivity index (χ3n) is 5.19. The number of nitrogens with zero attached hydrogens (tertiary/aromatic N) is 3. The van der Waals surface area contributed by atoms with Gasteiger partial charge >= 0.3 is 0 Å². The van der Waals surface area contributed by atoms with Crippen LogP contribution in [-0.2, 0) is 14.2 Å². The second kappa shape index (κ2) is 6.96. The van der Waals surface area contributed by atoms with Gasteiger partial charge in [0.15, 0.2) is 17.7 Å². The summed E-state index contributed by atoms with van der Waals surface area (Å²) in [6, 6.07) is 0.565. The van der Waals surface area contributed by atoms with Crippen molar-refractivity contribution in [2.24, 2.45) is 32.2 Å². The third kappa shape index (κ3) is 3.67. The third-order valence-corrected chi connectivity index (χ3v) is 5.19. The predicted molar refractivity (Wildman–Crippen MR) is 99.6 cm³/mol. The lowest BCUT2D eigenvalue weighted by Crippen LogP contribution is -2.39. The smallest absolute Gasteiger partial charge is 0.199 e. The summed E-state index contributed by atoms with van der Waals surface area (Å²) < 4.78 is 17.8. The molecule has 0 bridgehead atoms. The van der Waals surface area contributed by atoms with Crippen LogP contribution in [0.2, 0.25) is 0 Å². The van der Waals surface area contributed by atoms with Gasteiger partial charge in [0.2, 0.25) is 0 Å². The number of rotatable bonds is 6. The summed E-state index contributed by atoms with van der Waals surface area (Å²) in [7, 11) is 0. The molecule has 1 unspecified atom stereocenters. The highest BCUT2D eigenvalue weighted by Crippen LogP contribution is 2.35. The Bertz CT molecular complexity index is 597. The molecule has 140 valence electrons. The van der Waals surface area contributed by atoms with E-state index in [1.807, 2.05) is 0 Å². The summed E-state index contributed by atoms with van der Waals surface area (Å²) in [4.78, 5) is 14.3. The first-order valence-corrected chi connectivity index (χ1v) is 9.41. The average Bonchev–Trinajstić information content (AvgIpc) is 3.26. The van der Waals surface area contributed by atoms with Gasteiger partial charge in [0.25, 0.3) is 0 Å². The van der Waals surface area contributed by atoms with Gasteiger partial charge in [-0.05, 0) is 25.7 Å². The Balaban J connectivity index is 1.87. The van der Waals surface area contributed by atoms with E-state index in [1.165, 1.54) is 0 Å². The van der Waals surface area contributed by atoms with Gasteiger partial charge in [-0.2, -0.15) is 0 Å². The Morgan fingerprint density at radius 1 is 0.880 bits per heavy atom. The Hall–Kier alpha value is -1.59. The summed E-state index contributed by atoms with van der Waals surface area (Å²) in [5.41, 5.74) is -0.556. The second-order valence-corrected chi connectivity index (χ2v) is 8.30. The molecule has 0 saturated carbocycles. The van der Waals surface area contributed by atoms with Crippen LogP contribution in [0.3, 0.4) is 0 Å². The first kappa shape index (κ1) is 18.2. The van der Waals surface area contributed by atoms with Crippen molar-refractivity contribution in [1.82, 2.24) is 0 Å². The average molecular weight is 349 g/mol. The molecule has 3 aliphatic rings. The molecule has 0 N–H and O–H groups in total. The number of ether oxygens (including phenoxy) is 3. The molecule has 0 saturated heterocycles. The number of aliphatic imine (C=N–C) groups is 3. The lowest BCUT2D eigenvalue weighted by molar-refractivity contribution is 0.243. The maximum Gasteiger partial charge on any atom is 0.199 e. The van der Waals surface area contributed by atoms with Crippen molar-refractivity contribution in [1.29, 1.82) is 0 Å². The maximum absolute atomic E-state index is 6.00. The van der Waals surface area contributed by atoms with Crippen LogP contribution >= 0.6 is 0 Å². The van der Waals surface area contributed by atoms with Crippen LogP contribution < -0.4 is 0 Å². The quantitative estimate of drug-likeness (QED) is 0.740. The zero-order valence-electron chi connectivity index (χ0n) is 16.3. The molecule has 0 aromatic carbocycles. The van der Waals surface area contributed by atoms with Crippen LogP contribution in [0.5, 0.6) is 0 Å². The van der Waals surface area contributed by atoms with E-state index in [2.05, 4.69) is 41.5 Å². The predicted octanol–water partition coefficient (Wildman–Crippen LogP) is 3.11. The van der Waals surface area contributed by atoms with Crippen LogP contribution in [0, 0.1) is 17.3 Å². The standard InChI is InChI=1S/C19H31N3O3/c1-11(2)14-9-23-16(21-14)7-19(6,17-20-13(5)8-24-17)18-22-15(10-25-18)12(3)4/h11-15H,7-10H2,1-6H3/t13-,14+,15+,19?/m0/s1. The minimum Gasteiger partial charge on any atom is -0.479 e. The molecular formula is C19H31N3O3. The van der Waals surface area contributed by atoms with Crippen LogP contribution in [0.1, 0.15) is 48.0 Å². The van der Waals surface area contributed by atoms with Gasteiger partial charge in [0.1, 0.15) is 25.2 Å². The van der Waals surface area contributed by atoms with Gasteiger partial charge in [-0.3, -0.25) is 0 Å². The highest BCUT2D eigenvalue weighted by molar-refractivity contribution is 6.08. The van der Waals surface area contributed by atoms with Crippen molar-refractivity contribution in [2.45, 2.75) is 66.1 Å². The van der Waals surface area contributed by atoms with Gasteiger partial charge in [-0.25, -0.2) is 15.0 Å². The SMILES string of the molecule is CC(C)[C@H]1COC(CC(C)(C2=N[C@@H](C)CO2)C2=N[C@@H](C(C)C)CO2)=N1. The van der Waals surface area contributed by atoms with Crippen LogP contribution in [0.4, 0.5) is 0 Å². The normalized spacial score (nSPS) is 31.2. The van der Waals surface area contributed by atoms with E-state index in [0.29, 0.717) is 49.9 Å². The van der Waals surface area contributed by atoms with Gasteiger partial charge < -0.3 is 14.2 Å². The monoisotopic (exact) mass is 349 g/mol. The molecule has 0 fully saturated rings. The number of hydrogen-bond acceptors (Lipinski definition) is 6. The fraction of sp³-hybridized carbons (Fsp3) is 0.842. The molecule has 0 aromatic rings. The molecule has 3 rings (SSSR count). The van der Waals surface area contributed by atoms with Crippen molar-refractivity contribution in [3.63, 3.8) is 0 Å². The van der Waals surface area contributed by atoms with E-state index in [0.717, 1.165) is 5.90 Å². The highest BCUT2D eigenvalue weighted by Gasteiger charge is 2.47. The molecule has 0 radical (unpaired) electrons. The zero-order chi connectivity index (χ0) is 18.2. The highest BCUT2D eigenvalue weighted by atomic mass is 16.5. The Morgan fingerprint density at radius 3 is 1.96 bits per heavy atom. The summed E-state index contributed by atoms with van der Waals surface area (Å²) in [5.74, 6) is 3.07. The van der Waals surface area contributed by atoms with Gasteiger partial charge in [0.05, 0.1) is 18.1 Å². The molecule has 3 aliphatic heterocycles. The van der Waals surface area contributed by atoms with E-state index < -0.39 is 5.41 Å². The number of hydrogen-bond donors (Lipinski definition) is 0. The lowest BCUT2D eigenvalue weighted by Gasteiger charge is -2.27. The second-order valence-electron chi connectivity index (χ2n) is 8.30. The van der Waals surface area contributed by atoms with Crippen molar-refractivity contribution >= 4 is 17.7 Å². The van der Waals surface area contributed by atoms with Crippen LogP contribution in [0.15, 0.2) is 15.0 Å². The molecule has 6 nitrogen and oxygen atoms in total. The molecule has 0 amide bonds. The zero-order valence-corrected chi connectivity index (χ0v) is 16.3. The summed E-state index contributed by atoms with van der Waals surface area (Å²) in [6.45, 7) is 14.7. The van der Waals surface area contributed by atoms with E-state index >= 15 is 0 Å². The van der Waals surface area contributed by atoms with Gasteiger partial charge in [-0.15, -0.1) is 0 Å². The molecule has 6 heteroatoms. The minimum absolute atomic E-state index is 0.159. The van der Waals surface area contributed by atoms with Crippen molar-refractivity contribution in [3.05, 3.63) is 0 Å². The Kier molecular flexibility index (Phi) is 5.07. The van der Waals surface area contributed by atoms with Crippen molar-refractivity contribution in [2.75, 3.05) is 19.8 Å². The van der Waals surface area contributed by atoms with E-state index in [9.17, 15) is 0 Å². The first-order valence-electron chi connectivity index (χ1n) is 9.41. The lowest BCUT2D eigenvalue weighted by atomic mass is 9.85. The van der Waals surface area contributed by atoms with Crippen LogP contribution in [-0.4, -0.2) is 55.6 Å². The summed E-state index contributed by atoms with van der Waals surface area (Å²) in [6.07, 6.45) is 0.575. The fourth-order valence-electron chi connectivity index (χ4n) is 3.23. The van der Waals surface area contributed by atoms with Crippen molar-refractivity contribution < 1.29 is 14.2 Å². The molecule has 0 spiro atoms. The van der Waals surface area contributed by atoms with Crippen LogP contribution in [0.25, 0.3) is 0 Å². The maximum atomic E-state index is 6.00. The Morgan fingerprint density at radius 2 is 1.44 bits per heavy atom. The summed E-state index contributed by atoms with van der Waals surface area (Å²) >= 11 is 0. The molecule has 0 aliphatic carbocycles. The molecule has 4 atom stereocenters. The molecule has 0 aromatic heterocycles. The molecular weight excluding hydrogens is 318 g/mol.